The summed E-state index contributed by atoms with van der Waals surface area (Å²) in [6.45, 7) is 1.42. The van der Waals surface area contributed by atoms with Gasteiger partial charge < -0.3 is 14.8 Å². The Bertz CT molecular complexity index is 663. The Morgan fingerprint density at radius 2 is 2.00 bits per heavy atom. The van der Waals surface area contributed by atoms with Crippen LogP contribution < -0.4 is 14.8 Å². The Hall–Kier alpha value is -1.42. The molecule has 0 aliphatic carbocycles. The lowest BCUT2D eigenvalue weighted by atomic mass is 9.93. The van der Waals surface area contributed by atoms with Crippen LogP contribution in [0.25, 0.3) is 0 Å². The van der Waals surface area contributed by atoms with Gasteiger partial charge in [-0.1, -0.05) is 41.4 Å². The molecule has 3 nitrogen and oxygen atoms in total. The minimum Gasteiger partial charge on any atom is -0.493 e. The number of rotatable bonds is 4. The van der Waals surface area contributed by atoms with Gasteiger partial charge in [0.1, 0.15) is 17.6 Å². The molecule has 1 aliphatic rings. The van der Waals surface area contributed by atoms with Crippen molar-refractivity contribution in [2.75, 3.05) is 20.2 Å². The van der Waals surface area contributed by atoms with Crippen LogP contribution >= 0.6 is 23.2 Å². The first-order valence-corrected chi connectivity index (χ1v) is 7.92. The van der Waals surface area contributed by atoms with Gasteiger partial charge in [-0.25, -0.2) is 0 Å². The van der Waals surface area contributed by atoms with Crippen LogP contribution in [0.15, 0.2) is 42.5 Å². The van der Waals surface area contributed by atoms with Crippen LogP contribution in [0.5, 0.6) is 11.5 Å². The average molecular weight is 338 g/mol. The fraction of sp³-hybridized carbons (Fsp3) is 0.294. The van der Waals surface area contributed by atoms with Gasteiger partial charge in [-0.2, -0.15) is 0 Å². The summed E-state index contributed by atoms with van der Waals surface area (Å²) in [5.41, 5.74) is 1.06. The third kappa shape index (κ3) is 3.17. The molecule has 2 atom stereocenters. The summed E-state index contributed by atoms with van der Waals surface area (Å²) in [5.74, 6) is 1.80. The van der Waals surface area contributed by atoms with Crippen LogP contribution in [0, 0.1) is 5.92 Å². The predicted octanol–water partition coefficient (Wildman–Crippen LogP) is 4.34. The highest BCUT2D eigenvalue weighted by Gasteiger charge is 2.32. The van der Waals surface area contributed by atoms with Crippen molar-refractivity contribution in [3.8, 4) is 11.5 Å². The largest absolute Gasteiger partial charge is 0.493 e. The molecule has 0 fully saturated rings. The zero-order valence-corrected chi connectivity index (χ0v) is 13.7. The molecule has 0 saturated carbocycles. The first-order valence-electron chi connectivity index (χ1n) is 7.17. The predicted molar refractivity (Wildman–Crippen MR) is 89.2 cm³/mol. The maximum absolute atomic E-state index is 6.22. The van der Waals surface area contributed by atoms with Gasteiger partial charge >= 0.3 is 0 Å². The van der Waals surface area contributed by atoms with Crippen LogP contribution in [0.1, 0.15) is 11.7 Å². The summed E-state index contributed by atoms with van der Waals surface area (Å²) in [5, 5.41) is 4.21. The van der Waals surface area contributed by atoms with E-state index in [1.165, 1.54) is 0 Å². The average Bonchev–Trinajstić information content (AvgIpc) is 2.53. The molecule has 0 aromatic heterocycles. The molecule has 3 rings (SSSR count). The van der Waals surface area contributed by atoms with Gasteiger partial charge in [-0.3, -0.25) is 0 Å². The third-order valence-electron chi connectivity index (χ3n) is 3.73. The van der Waals surface area contributed by atoms with Gasteiger partial charge in [0.15, 0.2) is 0 Å². The van der Waals surface area contributed by atoms with Gasteiger partial charge in [-0.15, -0.1) is 0 Å². The molecule has 0 unspecified atom stereocenters. The minimum atomic E-state index is -0.0883. The first-order chi connectivity index (χ1) is 10.7. The quantitative estimate of drug-likeness (QED) is 0.899. The van der Waals surface area contributed by atoms with Crippen LogP contribution in [0.3, 0.4) is 0 Å². The van der Waals surface area contributed by atoms with E-state index in [2.05, 4.69) is 5.32 Å². The maximum Gasteiger partial charge on any atom is 0.135 e. The van der Waals surface area contributed by atoms with Gasteiger partial charge in [0.25, 0.3) is 0 Å². The van der Waals surface area contributed by atoms with E-state index in [1.807, 2.05) is 37.4 Å². The number of para-hydroxylation sites is 1. The van der Waals surface area contributed by atoms with Crippen LogP contribution in [-0.2, 0) is 0 Å². The number of fused-ring (bicyclic) bond motifs is 1. The first kappa shape index (κ1) is 15.5. The molecule has 0 radical (unpaired) electrons. The Morgan fingerprint density at radius 3 is 2.77 bits per heavy atom. The topological polar surface area (TPSA) is 30.5 Å². The lowest BCUT2D eigenvalue weighted by Gasteiger charge is -2.33. The number of hydrogen-bond donors (Lipinski definition) is 1. The summed E-state index contributed by atoms with van der Waals surface area (Å²) in [7, 11) is 1.93. The Labute approximate surface area is 140 Å². The molecule has 22 heavy (non-hydrogen) atoms. The Kier molecular flexibility index (Phi) is 4.77. The Balaban J connectivity index is 1.91. The molecule has 0 amide bonds. The van der Waals surface area contributed by atoms with Crippen molar-refractivity contribution in [1.82, 2.24) is 5.32 Å². The van der Waals surface area contributed by atoms with Crippen LogP contribution in [0.2, 0.25) is 10.0 Å². The molecule has 1 heterocycles. The highest BCUT2D eigenvalue weighted by molar-refractivity contribution is 6.42. The summed E-state index contributed by atoms with van der Waals surface area (Å²) >= 11 is 12.0. The van der Waals surface area contributed by atoms with Crippen molar-refractivity contribution in [3.05, 3.63) is 58.1 Å². The summed E-state index contributed by atoms with van der Waals surface area (Å²) < 4.78 is 12.1. The smallest absolute Gasteiger partial charge is 0.135 e. The molecule has 0 spiro atoms. The molecule has 116 valence electrons. The minimum absolute atomic E-state index is 0.0883. The van der Waals surface area contributed by atoms with Crippen molar-refractivity contribution in [2.24, 2.45) is 5.92 Å². The fourth-order valence-corrected chi connectivity index (χ4v) is 2.96. The number of benzene rings is 2. The number of halogens is 2. The molecular weight excluding hydrogens is 321 g/mol. The van der Waals surface area contributed by atoms with E-state index < -0.39 is 0 Å². The molecular formula is C17H17Cl2NO2. The van der Waals surface area contributed by atoms with E-state index >= 15 is 0 Å². The standard InChI is InChI=1S/C17H17Cl2NO2/c1-20-9-11-10-21-16-5-3-2-4-13(16)17(11)22-12-6-7-14(18)15(19)8-12/h2-8,11,17,20H,9-10H2,1H3/t11-,17-/m0/s1. The van der Waals surface area contributed by atoms with E-state index in [9.17, 15) is 0 Å². The van der Waals surface area contributed by atoms with Gasteiger partial charge in [0.05, 0.1) is 16.7 Å². The molecule has 0 saturated heterocycles. The summed E-state index contributed by atoms with van der Waals surface area (Å²) in [6, 6.07) is 13.3. The number of ether oxygens (including phenoxy) is 2. The lowest BCUT2D eigenvalue weighted by molar-refractivity contribution is 0.0704. The zero-order chi connectivity index (χ0) is 15.5. The van der Waals surface area contributed by atoms with Crippen molar-refractivity contribution >= 4 is 23.2 Å². The van der Waals surface area contributed by atoms with Crippen molar-refractivity contribution in [2.45, 2.75) is 6.10 Å². The number of nitrogens with one attached hydrogen (secondary N) is 1. The second kappa shape index (κ2) is 6.78. The monoisotopic (exact) mass is 337 g/mol. The molecule has 2 aromatic carbocycles. The van der Waals surface area contributed by atoms with Gasteiger partial charge in [0, 0.05) is 24.1 Å². The molecule has 5 heteroatoms. The molecule has 0 bridgehead atoms. The van der Waals surface area contributed by atoms with Crippen molar-refractivity contribution in [1.29, 1.82) is 0 Å². The van der Waals surface area contributed by atoms with Crippen LogP contribution in [0.4, 0.5) is 0 Å². The Morgan fingerprint density at radius 1 is 1.18 bits per heavy atom. The third-order valence-corrected chi connectivity index (χ3v) is 4.47. The normalized spacial score (nSPS) is 20.1. The van der Waals surface area contributed by atoms with Gasteiger partial charge in [0.2, 0.25) is 0 Å². The highest BCUT2D eigenvalue weighted by Crippen LogP contribution is 2.39. The maximum atomic E-state index is 6.22. The highest BCUT2D eigenvalue weighted by atomic mass is 35.5. The SMILES string of the molecule is CNC[C@H]1COc2ccccc2[C@H]1Oc1ccc(Cl)c(Cl)c1. The fourth-order valence-electron chi connectivity index (χ4n) is 2.67. The lowest BCUT2D eigenvalue weighted by Crippen LogP contribution is -2.35. The van der Waals surface area contributed by atoms with Crippen LogP contribution in [-0.4, -0.2) is 20.2 Å². The second-order valence-corrected chi connectivity index (χ2v) is 6.10. The summed E-state index contributed by atoms with van der Waals surface area (Å²) in [6.07, 6.45) is -0.0883. The van der Waals surface area contributed by atoms with Crippen molar-refractivity contribution < 1.29 is 9.47 Å². The van der Waals surface area contributed by atoms with E-state index in [-0.39, 0.29) is 12.0 Å². The molecule has 1 N–H and O–H groups in total. The number of hydrogen-bond acceptors (Lipinski definition) is 3. The van der Waals surface area contributed by atoms with E-state index in [0.717, 1.165) is 17.9 Å². The second-order valence-electron chi connectivity index (χ2n) is 5.28. The van der Waals surface area contributed by atoms with Crippen molar-refractivity contribution in [3.63, 3.8) is 0 Å². The van der Waals surface area contributed by atoms with E-state index in [1.54, 1.807) is 12.1 Å². The van der Waals surface area contributed by atoms with E-state index in [4.69, 9.17) is 32.7 Å². The van der Waals surface area contributed by atoms with Gasteiger partial charge in [-0.05, 0) is 25.2 Å². The summed E-state index contributed by atoms with van der Waals surface area (Å²) in [4.78, 5) is 0. The molecule has 1 aliphatic heterocycles. The molecule has 2 aromatic rings. The zero-order valence-electron chi connectivity index (χ0n) is 12.2. The van der Waals surface area contributed by atoms with E-state index in [0.29, 0.717) is 22.4 Å².